The molecule has 0 fully saturated rings. The summed E-state index contributed by atoms with van der Waals surface area (Å²) in [5.41, 5.74) is 3.87. The molecule has 2 N–H and O–H groups in total. The van der Waals surface area contributed by atoms with E-state index in [1.54, 1.807) is 12.1 Å². The number of aromatic nitrogens is 2. The van der Waals surface area contributed by atoms with Gasteiger partial charge in [-0.05, 0) is 68.3 Å². The lowest BCUT2D eigenvalue weighted by Gasteiger charge is -2.10. The third-order valence-electron chi connectivity index (χ3n) is 4.31. The highest BCUT2D eigenvalue weighted by Gasteiger charge is 2.05. The summed E-state index contributed by atoms with van der Waals surface area (Å²) in [6.07, 6.45) is 0.642. The molecule has 3 aromatic rings. The van der Waals surface area contributed by atoms with Gasteiger partial charge in [0.1, 0.15) is 11.6 Å². The number of ether oxygens (including phenoxy) is 1. The maximum atomic E-state index is 12.8. The number of nitrogens with one attached hydrogen (secondary N) is 2. The van der Waals surface area contributed by atoms with E-state index in [1.807, 2.05) is 48.9 Å². The smallest absolute Gasteiger partial charge is 0.319 e. The Morgan fingerprint density at radius 1 is 1.14 bits per heavy atom. The van der Waals surface area contributed by atoms with Crippen molar-refractivity contribution in [3.8, 4) is 5.75 Å². The fraction of sp³-hybridized carbons (Fsp3) is 0.273. The number of urea groups is 1. The molecule has 0 aliphatic heterocycles. The molecule has 7 heteroatoms. The van der Waals surface area contributed by atoms with Crippen LogP contribution in [0.4, 0.5) is 14.9 Å². The van der Waals surface area contributed by atoms with Crippen LogP contribution in [0, 0.1) is 19.7 Å². The summed E-state index contributed by atoms with van der Waals surface area (Å²) >= 11 is 0. The molecule has 0 saturated heterocycles. The molecule has 152 valence electrons. The molecule has 2 amide bonds. The van der Waals surface area contributed by atoms with Crippen molar-refractivity contribution in [3.63, 3.8) is 0 Å². The van der Waals surface area contributed by atoms with Gasteiger partial charge in [-0.3, -0.25) is 4.68 Å². The van der Waals surface area contributed by atoms with Crippen molar-refractivity contribution in [2.75, 3.05) is 18.5 Å². The largest absolute Gasteiger partial charge is 0.494 e. The second-order valence-corrected chi connectivity index (χ2v) is 6.82. The Bertz CT molecular complexity index is 954. The zero-order chi connectivity index (χ0) is 20.6. The molecule has 0 unspecified atom stereocenters. The van der Waals surface area contributed by atoms with Gasteiger partial charge in [0.25, 0.3) is 0 Å². The Labute approximate surface area is 169 Å². The first kappa shape index (κ1) is 20.4. The van der Waals surface area contributed by atoms with E-state index in [0.717, 1.165) is 22.6 Å². The summed E-state index contributed by atoms with van der Waals surface area (Å²) in [6, 6.07) is 15.3. The number of carbonyl (C=O) groups is 1. The fourth-order valence-corrected chi connectivity index (χ4v) is 2.93. The zero-order valence-electron chi connectivity index (χ0n) is 16.6. The third kappa shape index (κ3) is 6.34. The number of carbonyl (C=O) groups excluding carboxylic acids is 1. The fourth-order valence-electron chi connectivity index (χ4n) is 2.93. The highest BCUT2D eigenvalue weighted by Crippen LogP contribution is 2.13. The van der Waals surface area contributed by atoms with E-state index in [4.69, 9.17) is 4.74 Å². The van der Waals surface area contributed by atoms with E-state index >= 15 is 0 Å². The molecular formula is C22H25FN4O2. The molecule has 3 rings (SSSR count). The quantitative estimate of drug-likeness (QED) is 0.559. The van der Waals surface area contributed by atoms with Crippen molar-refractivity contribution in [1.82, 2.24) is 15.1 Å². The van der Waals surface area contributed by atoms with Crippen LogP contribution in [-0.4, -0.2) is 29.0 Å². The second-order valence-electron chi connectivity index (χ2n) is 6.82. The van der Waals surface area contributed by atoms with E-state index in [-0.39, 0.29) is 11.8 Å². The van der Waals surface area contributed by atoms with Gasteiger partial charge >= 0.3 is 6.03 Å². The molecule has 6 nitrogen and oxygen atoms in total. The van der Waals surface area contributed by atoms with Gasteiger partial charge in [-0.2, -0.15) is 5.10 Å². The Morgan fingerprint density at radius 2 is 1.93 bits per heavy atom. The van der Waals surface area contributed by atoms with Crippen LogP contribution in [0.25, 0.3) is 0 Å². The van der Waals surface area contributed by atoms with E-state index in [1.165, 1.54) is 12.1 Å². The highest BCUT2D eigenvalue weighted by molar-refractivity contribution is 5.89. The van der Waals surface area contributed by atoms with E-state index in [2.05, 4.69) is 15.7 Å². The molecule has 29 heavy (non-hydrogen) atoms. The minimum absolute atomic E-state index is 0.268. The molecular weight excluding hydrogens is 371 g/mol. The maximum absolute atomic E-state index is 12.8. The van der Waals surface area contributed by atoms with Gasteiger partial charge in [0.2, 0.25) is 0 Å². The normalized spacial score (nSPS) is 10.6. The van der Waals surface area contributed by atoms with Gasteiger partial charge in [-0.15, -0.1) is 0 Å². The zero-order valence-corrected chi connectivity index (χ0v) is 16.6. The number of hydrogen-bond donors (Lipinski definition) is 2. The van der Waals surface area contributed by atoms with Gasteiger partial charge < -0.3 is 15.4 Å². The van der Waals surface area contributed by atoms with Crippen LogP contribution in [0.15, 0.2) is 54.6 Å². The summed E-state index contributed by atoms with van der Waals surface area (Å²) in [6.45, 7) is 5.55. The predicted octanol–water partition coefficient (Wildman–Crippen LogP) is 4.28. The number of rotatable bonds is 8. The molecule has 0 atom stereocenters. The lowest BCUT2D eigenvalue weighted by molar-refractivity contribution is 0.250. The van der Waals surface area contributed by atoms with Gasteiger partial charge in [0.05, 0.1) is 18.8 Å². The van der Waals surface area contributed by atoms with Crippen molar-refractivity contribution >= 4 is 11.7 Å². The van der Waals surface area contributed by atoms with Crippen molar-refractivity contribution in [2.24, 2.45) is 0 Å². The number of amides is 2. The van der Waals surface area contributed by atoms with Crippen molar-refractivity contribution < 1.29 is 13.9 Å². The summed E-state index contributed by atoms with van der Waals surface area (Å²) < 4.78 is 20.3. The van der Waals surface area contributed by atoms with E-state index in [9.17, 15) is 9.18 Å². The van der Waals surface area contributed by atoms with Crippen LogP contribution >= 0.6 is 0 Å². The molecule has 0 saturated carbocycles. The number of aryl methyl sites for hydroxylation is 2. The Kier molecular flexibility index (Phi) is 6.84. The summed E-state index contributed by atoms with van der Waals surface area (Å²) in [4.78, 5) is 12.1. The molecule has 1 aromatic heterocycles. The summed E-state index contributed by atoms with van der Waals surface area (Å²) in [7, 11) is 0. The highest BCUT2D eigenvalue weighted by atomic mass is 19.1. The molecule has 0 radical (unpaired) electrons. The molecule has 0 aliphatic rings. The maximum Gasteiger partial charge on any atom is 0.319 e. The number of halogens is 1. The van der Waals surface area contributed by atoms with Crippen molar-refractivity contribution in [1.29, 1.82) is 0 Å². The van der Waals surface area contributed by atoms with Crippen LogP contribution in [0.2, 0.25) is 0 Å². The first-order valence-corrected chi connectivity index (χ1v) is 9.53. The van der Waals surface area contributed by atoms with Crippen LogP contribution in [0.5, 0.6) is 5.75 Å². The molecule has 0 aliphatic carbocycles. The lowest BCUT2D eigenvalue weighted by Crippen LogP contribution is -2.30. The number of hydrogen-bond acceptors (Lipinski definition) is 3. The predicted molar refractivity (Wildman–Crippen MR) is 111 cm³/mol. The first-order chi connectivity index (χ1) is 14.0. The minimum Gasteiger partial charge on any atom is -0.494 e. The van der Waals surface area contributed by atoms with Crippen LogP contribution in [0.3, 0.4) is 0 Å². The third-order valence-corrected chi connectivity index (χ3v) is 4.31. The lowest BCUT2D eigenvalue weighted by atomic mass is 10.2. The Morgan fingerprint density at radius 3 is 2.66 bits per heavy atom. The average Bonchev–Trinajstić information content (AvgIpc) is 3.00. The molecule has 2 aromatic carbocycles. The van der Waals surface area contributed by atoms with Gasteiger partial charge in [0.15, 0.2) is 0 Å². The topological polar surface area (TPSA) is 68.2 Å². The van der Waals surface area contributed by atoms with Crippen molar-refractivity contribution in [2.45, 2.75) is 26.8 Å². The van der Waals surface area contributed by atoms with Crippen molar-refractivity contribution in [3.05, 3.63) is 77.4 Å². The van der Waals surface area contributed by atoms with Crippen LogP contribution in [-0.2, 0) is 6.54 Å². The number of nitrogens with zero attached hydrogens (tertiary/aromatic N) is 2. The standard InChI is InChI=1S/C22H25FN4O2/c1-16-13-17(2)27(26-16)15-18-5-3-6-20(14-18)25-22(28)24-11-4-12-29-21-9-7-19(23)8-10-21/h3,5-10,13-14H,4,11-12,15H2,1-2H3,(H2,24,25,28). The van der Waals surface area contributed by atoms with E-state index in [0.29, 0.717) is 31.9 Å². The minimum atomic E-state index is -0.297. The summed E-state index contributed by atoms with van der Waals surface area (Å²) in [5, 5.41) is 10.1. The first-order valence-electron chi connectivity index (χ1n) is 9.53. The Hall–Kier alpha value is -3.35. The van der Waals surface area contributed by atoms with E-state index < -0.39 is 0 Å². The second kappa shape index (κ2) is 9.73. The van der Waals surface area contributed by atoms with Gasteiger partial charge in [-0.25, -0.2) is 9.18 Å². The molecule has 0 bridgehead atoms. The molecule has 1 heterocycles. The van der Waals surface area contributed by atoms with Crippen LogP contribution < -0.4 is 15.4 Å². The van der Waals surface area contributed by atoms with Gasteiger partial charge in [0, 0.05) is 17.9 Å². The monoisotopic (exact) mass is 396 g/mol. The molecule has 0 spiro atoms. The SMILES string of the molecule is Cc1cc(C)n(Cc2cccc(NC(=O)NCCCOc3ccc(F)cc3)c2)n1. The number of benzene rings is 2. The Balaban J connectivity index is 1.41. The van der Waals surface area contributed by atoms with Crippen LogP contribution in [0.1, 0.15) is 23.4 Å². The van der Waals surface area contributed by atoms with Gasteiger partial charge in [-0.1, -0.05) is 12.1 Å². The average molecular weight is 396 g/mol. The number of anilines is 1. The summed E-state index contributed by atoms with van der Waals surface area (Å²) in [5.74, 6) is 0.310.